The van der Waals surface area contributed by atoms with Gasteiger partial charge in [0.05, 0.1) is 18.5 Å². The summed E-state index contributed by atoms with van der Waals surface area (Å²) in [5.74, 6) is 0.165. The van der Waals surface area contributed by atoms with E-state index in [4.69, 9.17) is 16.0 Å². The van der Waals surface area contributed by atoms with Crippen LogP contribution in [0, 0.1) is 13.8 Å². The molecule has 6 nitrogen and oxygen atoms in total. The maximum Gasteiger partial charge on any atom is 0.275 e. The number of aryl methyl sites for hydroxylation is 2. The number of hydrogen-bond acceptors (Lipinski definition) is 3. The molecule has 0 spiro atoms. The zero-order valence-electron chi connectivity index (χ0n) is 19.8. The van der Waals surface area contributed by atoms with Crippen molar-refractivity contribution in [3.05, 3.63) is 100 Å². The number of rotatable bonds is 5. The van der Waals surface area contributed by atoms with E-state index in [2.05, 4.69) is 5.32 Å². The molecule has 2 amide bonds. The smallest absolute Gasteiger partial charge is 0.275 e. The molecule has 1 aliphatic heterocycles. The number of furan rings is 1. The van der Waals surface area contributed by atoms with Gasteiger partial charge in [-0.1, -0.05) is 29.8 Å². The summed E-state index contributed by atoms with van der Waals surface area (Å²) in [6.07, 6.45) is 1.60. The number of nitrogens with one attached hydrogen (secondary N) is 1. The Hall–Kier alpha value is -3.77. The molecule has 0 saturated carbocycles. The molecule has 1 aliphatic rings. The van der Waals surface area contributed by atoms with Crippen LogP contribution in [0.4, 0.5) is 5.69 Å². The number of hydrogen-bond donors (Lipinski definition) is 1. The predicted molar refractivity (Wildman–Crippen MR) is 137 cm³/mol. The average molecular weight is 488 g/mol. The number of benzene rings is 2. The highest BCUT2D eigenvalue weighted by atomic mass is 35.5. The molecule has 1 N–H and O–H groups in total. The number of aromatic nitrogens is 1. The predicted octanol–water partition coefficient (Wildman–Crippen LogP) is 5.75. The van der Waals surface area contributed by atoms with Crippen LogP contribution in [0.5, 0.6) is 0 Å². The number of anilines is 1. The van der Waals surface area contributed by atoms with E-state index in [9.17, 15) is 9.59 Å². The van der Waals surface area contributed by atoms with Crippen LogP contribution in [0.3, 0.4) is 0 Å². The van der Waals surface area contributed by atoms with E-state index in [1.807, 2.05) is 67.8 Å². The highest BCUT2D eigenvalue weighted by Crippen LogP contribution is 2.37. The lowest BCUT2D eigenvalue weighted by atomic mass is 9.93. The van der Waals surface area contributed by atoms with Crippen molar-refractivity contribution in [2.75, 3.05) is 4.90 Å². The number of carbonyl (C=O) groups is 2. The van der Waals surface area contributed by atoms with Gasteiger partial charge in [0.2, 0.25) is 5.91 Å². The van der Waals surface area contributed by atoms with Crippen LogP contribution in [0.25, 0.3) is 11.5 Å². The Kier molecular flexibility index (Phi) is 5.77. The molecule has 0 radical (unpaired) electrons. The molecule has 4 aromatic rings. The molecule has 0 aliphatic carbocycles. The van der Waals surface area contributed by atoms with Gasteiger partial charge >= 0.3 is 0 Å². The van der Waals surface area contributed by atoms with Crippen LogP contribution >= 0.6 is 11.6 Å². The van der Waals surface area contributed by atoms with Gasteiger partial charge in [0.1, 0.15) is 17.0 Å². The molecular weight excluding hydrogens is 462 g/mol. The van der Waals surface area contributed by atoms with Gasteiger partial charge in [-0.2, -0.15) is 0 Å². The van der Waals surface area contributed by atoms with E-state index < -0.39 is 5.54 Å². The Morgan fingerprint density at radius 3 is 2.46 bits per heavy atom. The first-order chi connectivity index (χ1) is 16.8. The van der Waals surface area contributed by atoms with Crippen molar-refractivity contribution in [2.45, 2.75) is 39.4 Å². The normalized spacial score (nSPS) is 17.4. The molecule has 0 bridgehead atoms. The highest BCUT2D eigenvalue weighted by molar-refractivity contribution is 6.30. The SMILES string of the molecule is Cc1ccc(N2C(=O)c3ccc(-c4ccco4)n3CC2(C)C(=O)NCc2ccc(Cl)cc2)cc1C. The molecular formula is C28H26ClN3O3. The Balaban J connectivity index is 1.56. The third kappa shape index (κ3) is 4.04. The first-order valence-electron chi connectivity index (χ1n) is 11.5. The number of nitrogens with zero attached hydrogens (tertiary/aromatic N) is 2. The van der Waals surface area contributed by atoms with Gasteiger partial charge in [-0.15, -0.1) is 0 Å². The average Bonchev–Trinajstić information content (AvgIpc) is 3.50. The van der Waals surface area contributed by atoms with Crippen molar-refractivity contribution in [3.8, 4) is 11.5 Å². The molecule has 2 aromatic carbocycles. The van der Waals surface area contributed by atoms with Crippen LogP contribution in [-0.4, -0.2) is 21.9 Å². The minimum absolute atomic E-state index is 0.235. The summed E-state index contributed by atoms with van der Waals surface area (Å²) < 4.78 is 7.48. The van der Waals surface area contributed by atoms with E-state index in [0.717, 1.165) is 22.4 Å². The van der Waals surface area contributed by atoms with Crippen LogP contribution < -0.4 is 10.2 Å². The number of halogens is 1. The second-order valence-corrected chi connectivity index (χ2v) is 9.60. The highest BCUT2D eigenvalue weighted by Gasteiger charge is 2.48. The van der Waals surface area contributed by atoms with Gasteiger partial charge in [-0.05, 0) is 86.0 Å². The van der Waals surface area contributed by atoms with E-state index in [-0.39, 0.29) is 18.4 Å². The Bertz CT molecular complexity index is 1410. The summed E-state index contributed by atoms with van der Waals surface area (Å²) in [5, 5.41) is 3.68. The zero-order chi connectivity index (χ0) is 24.7. The summed E-state index contributed by atoms with van der Waals surface area (Å²) in [4.78, 5) is 29.3. The third-order valence-electron chi connectivity index (χ3n) is 6.74. The molecule has 1 atom stereocenters. The van der Waals surface area contributed by atoms with E-state index in [1.165, 1.54) is 0 Å². The fourth-order valence-electron chi connectivity index (χ4n) is 4.60. The third-order valence-corrected chi connectivity index (χ3v) is 6.99. The van der Waals surface area contributed by atoms with Gasteiger partial charge in [0.15, 0.2) is 0 Å². The quantitative estimate of drug-likeness (QED) is 0.389. The monoisotopic (exact) mass is 487 g/mol. The fourth-order valence-corrected chi connectivity index (χ4v) is 4.72. The summed E-state index contributed by atoms with van der Waals surface area (Å²) >= 11 is 6.00. The summed E-state index contributed by atoms with van der Waals surface area (Å²) in [6.45, 7) is 6.44. The molecule has 5 rings (SSSR count). The van der Waals surface area contributed by atoms with Crippen molar-refractivity contribution in [3.63, 3.8) is 0 Å². The minimum Gasteiger partial charge on any atom is -0.463 e. The van der Waals surface area contributed by atoms with Crippen LogP contribution in [0.2, 0.25) is 5.02 Å². The van der Waals surface area contributed by atoms with Crippen LogP contribution in [-0.2, 0) is 17.9 Å². The van der Waals surface area contributed by atoms with Crippen LogP contribution in [0.15, 0.2) is 77.4 Å². The van der Waals surface area contributed by atoms with Gasteiger partial charge < -0.3 is 14.3 Å². The number of amides is 2. The lowest BCUT2D eigenvalue weighted by Crippen LogP contribution is -2.64. The molecule has 35 heavy (non-hydrogen) atoms. The zero-order valence-corrected chi connectivity index (χ0v) is 20.6. The van der Waals surface area contributed by atoms with Crippen molar-refractivity contribution < 1.29 is 14.0 Å². The van der Waals surface area contributed by atoms with Crippen molar-refractivity contribution >= 4 is 29.1 Å². The molecule has 3 heterocycles. The van der Waals surface area contributed by atoms with Gasteiger partial charge in [-0.3, -0.25) is 14.5 Å². The maximum absolute atomic E-state index is 13.9. The molecule has 2 aromatic heterocycles. The molecule has 1 unspecified atom stereocenters. The summed E-state index contributed by atoms with van der Waals surface area (Å²) in [5.41, 5.74) is 3.87. The second kappa shape index (κ2) is 8.78. The second-order valence-electron chi connectivity index (χ2n) is 9.16. The van der Waals surface area contributed by atoms with E-state index in [0.29, 0.717) is 28.7 Å². The van der Waals surface area contributed by atoms with Crippen molar-refractivity contribution in [2.24, 2.45) is 0 Å². The van der Waals surface area contributed by atoms with Gasteiger partial charge in [0, 0.05) is 17.3 Å². The van der Waals surface area contributed by atoms with Gasteiger partial charge in [-0.25, -0.2) is 0 Å². The first-order valence-corrected chi connectivity index (χ1v) is 11.8. The Morgan fingerprint density at radius 2 is 1.77 bits per heavy atom. The lowest BCUT2D eigenvalue weighted by molar-refractivity contribution is -0.126. The fraction of sp³-hybridized carbons (Fsp3) is 0.214. The van der Waals surface area contributed by atoms with E-state index >= 15 is 0 Å². The molecule has 0 fully saturated rings. The largest absolute Gasteiger partial charge is 0.463 e. The van der Waals surface area contributed by atoms with Crippen molar-refractivity contribution in [1.29, 1.82) is 0 Å². The van der Waals surface area contributed by atoms with Crippen molar-refractivity contribution in [1.82, 2.24) is 9.88 Å². The Morgan fingerprint density at radius 1 is 1.03 bits per heavy atom. The number of fused-ring (bicyclic) bond motifs is 1. The standard InChI is InChI=1S/C28H26ClN3O3/c1-18-6-11-22(15-19(18)2)32-26(33)24-13-12-23(25-5-4-14-35-25)31(24)17-28(32,3)27(34)30-16-20-7-9-21(29)10-8-20/h4-15H,16-17H2,1-3H3,(H,30,34). The maximum atomic E-state index is 13.9. The Labute approximate surface area is 209 Å². The van der Waals surface area contributed by atoms with Crippen LogP contribution in [0.1, 0.15) is 34.1 Å². The topological polar surface area (TPSA) is 67.5 Å². The minimum atomic E-state index is -1.18. The molecule has 7 heteroatoms. The summed E-state index contributed by atoms with van der Waals surface area (Å²) in [6, 6.07) is 20.5. The molecule has 178 valence electrons. The molecule has 0 saturated heterocycles. The lowest BCUT2D eigenvalue weighted by Gasteiger charge is -2.44. The van der Waals surface area contributed by atoms with Gasteiger partial charge in [0.25, 0.3) is 5.91 Å². The van der Waals surface area contributed by atoms with E-state index in [1.54, 1.807) is 35.4 Å². The number of carbonyl (C=O) groups excluding carboxylic acids is 2. The summed E-state index contributed by atoms with van der Waals surface area (Å²) in [7, 11) is 0. The first kappa shape index (κ1) is 23.0.